The molecule has 0 amide bonds. The molecule has 1 aromatic carbocycles. The topological polar surface area (TPSA) is 69.4 Å². The molecule has 0 aliphatic heterocycles. The summed E-state index contributed by atoms with van der Waals surface area (Å²) in [5, 5.41) is 11.8. The van der Waals surface area contributed by atoms with Gasteiger partial charge < -0.3 is 10.3 Å². The number of nitrogens with zero attached hydrogens (tertiary/aromatic N) is 2. The van der Waals surface area contributed by atoms with Gasteiger partial charge in [0.05, 0.1) is 6.54 Å². The highest BCUT2D eigenvalue weighted by atomic mass is 35.5. The Kier molecular flexibility index (Phi) is 3.00. The van der Waals surface area contributed by atoms with E-state index in [0.717, 1.165) is 22.9 Å². The molecule has 3 N–H and O–H groups in total. The van der Waals surface area contributed by atoms with E-state index in [-0.39, 0.29) is 0 Å². The van der Waals surface area contributed by atoms with Crippen molar-refractivity contribution >= 4 is 22.5 Å². The van der Waals surface area contributed by atoms with E-state index < -0.39 is 0 Å². The van der Waals surface area contributed by atoms with Gasteiger partial charge in [-0.05, 0) is 17.7 Å². The van der Waals surface area contributed by atoms with Gasteiger partial charge in [-0.1, -0.05) is 17.7 Å². The molecule has 2 aromatic heterocycles. The van der Waals surface area contributed by atoms with E-state index in [0.29, 0.717) is 6.54 Å². The Bertz CT molecular complexity index is 644. The van der Waals surface area contributed by atoms with Crippen LogP contribution in [-0.4, -0.2) is 20.2 Å². The number of aromatic nitrogens is 4. The molecule has 0 saturated carbocycles. The number of hydrogen-bond donors (Lipinski definition) is 3. The molecule has 0 saturated heterocycles. The first-order valence-electron chi connectivity index (χ1n) is 5.63. The second-order valence-electron chi connectivity index (χ2n) is 4.04. The van der Waals surface area contributed by atoms with Gasteiger partial charge in [0, 0.05) is 28.7 Å². The molecule has 3 aromatic rings. The predicted octanol–water partition coefficient (Wildman–Crippen LogP) is 2.23. The lowest BCUT2D eigenvalue weighted by atomic mass is 10.2. The van der Waals surface area contributed by atoms with E-state index in [2.05, 4.69) is 25.5 Å². The second-order valence-corrected chi connectivity index (χ2v) is 4.48. The van der Waals surface area contributed by atoms with Crippen molar-refractivity contribution in [2.45, 2.75) is 13.1 Å². The van der Waals surface area contributed by atoms with Crippen LogP contribution in [0.1, 0.15) is 11.4 Å². The molecule has 6 heteroatoms. The van der Waals surface area contributed by atoms with Crippen molar-refractivity contribution in [3.63, 3.8) is 0 Å². The highest BCUT2D eigenvalue weighted by molar-refractivity contribution is 6.31. The lowest BCUT2D eigenvalue weighted by molar-refractivity contribution is 0.667. The summed E-state index contributed by atoms with van der Waals surface area (Å²) in [4.78, 5) is 7.27. The second kappa shape index (κ2) is 4.80. The Balaban J connectivity index is 1.71. The fourth-order valence-electron chi connectivity index (χ4n) is 1.94. The van der Waals surface area contributed by atoms with E-state index >= 15 is 0 Å². The third-order valence-corrected chi connectivity index (χ3v) is 3.04. The Morgan fingerprint density at radius 3 is 3.06 bits per heavy atom. The first kappa shape index (κ1) is 11.3. The molecule has 92 valence electrons. The van der Waals surface area contributed by atoms with Crippen LogP contribution in [0.2, 0.25) is 5.02 Å². The third kappa shape index (κ3) is 2.23. The van der Waals surface area contributed by atoms with Gasteiger partial charge in [-0.3, -0.25) is 5.10 Å². The zero-order valence-corrected chi connectivity index (χ0v) is 10.3. The van der Waals surface area contributed by atoms with Crippen LogP contribution in [-0.2, 0) is 13.1 Å². The zero-order valence-electron chi connectivity index (χ0n) is 9.57. The van der Waals surface area contributed by atoms with Crippen LogP contribution in [0.15, 0.2) is 30.7 Å². The molecule has 0 bridgehead atoms. The van der Waals surface area contributed by atoms with E-state index in [9.17, 15) is 0 Å². The van der Waals surface area contributed by atoms with Crippen LogP contribution in [0.25, 0.3) is 10.9 Å². The van der Waals surface area contributed by atoms with Crippen molar-refractivity contribution in [1.29, 1.82) is 0 Å². The largest absolute Gasteiger partial charge is 0.361 e. The summed E-state index contributed by atoms with van der Waals surface area (Å²) in [6, 6.07) is 5.86. The highest BCUT2D eigenvalue weighted by Crippen LogP contribution is 2.21. The fraction of sp³-hybridized carbons (Fsp3) is 0.167. The van der Waals surface area contributed by atoms with Crippen molar-refractivity contribution in [2.24, 2.45) is 0 Å². The molecule has 5 nitrogen and oxygen atoms in total. The minimum atomic E-state index is 0.667. The van der Waals surface area contributed by atoms with Gasteiger partial charge in [-0.2, -0.15) is 5.10 Å². The highest BCUT2D eigenvalue weighted by Gasteiger charge is 2.04. The summed E-state index contributed by atoms with van der Waals surface area (Å²) < 4.78 is 0. The minimum Gasteiger partial charge on any atom is -0.361 e. The maximum atomic E-state index is 5.94. The number of fused-ring (bicyclic) bond motifs is 1. The number of H-pyrrole nitrogens is 2. The summed E-state index contributed by atoms with van der Waals surface area (Å²) in [5.41, 5.74) is 2.26. The SMILES string of the molecule is Clc1ccc2c(CNCc3ncn[nH]3)c[nH]c2c1. The van der Waals surface area contributed by atoms with Crippen LogP contribution < -0.4 is 5.32 Å². The molecule has 0 aliphatic carbocycles. The zero-order chi connectivity index (χ0) is 12.4. The molecule has 2 heterocycles. The molecule has 0 atom stereocenters. The standard InChI is InChI=1S/C12H12ClN5/c13-9-1-2-10-8(5-15-11(10)3-9)4-14-6-12-16-7-17-18-12/h1-3,5,7,14-15H,4,6H2,(H,16,17,18). The Morgan fingerprint density at radius 2 is 2.22 bits per heavy atom. The smallest absolute Gasteiger partial charge is 0.138 e. The maximum Gasteiger partial charge on any atom is 0.138 e. The molecule has 3 rings (SSSR count). The van der Waals surface area contributed by atoms with Crippen LogP contribution in [0.4, 0.5) is 0 Å². The van der Waals surface area contributed by atoms with Gasteiger partial charge in [-0.25, -0.2) is 4.98 Å². The minimum absolute atomic E-state index is 0.667. The molecule has 18 heavy (non-hydrogen) atoms. The number of benzene rings is 1. The lowest BCUT2D eigenvalue weighted by Crippen LogP contribution is -2.13. The first-order chi connectivity index (χ1) is 8.83. The van der Waals surface area contributed by atoms with Gasteiger partial charge in [0.25, 0.3) is 0 Å². The van der Waals surface area contributed by atoms with Gasteiger partial charge in [0.15, 0.2) is 0 Å². The van der Waals surface area contributed by atoms with E-state index in [1.165, 1.54) is 17.3 Å². The van der Waals surface area contributed by atoms with Crippen LogP contribution >= 0.6 is 11.6 Å². The van der Waals surface area contributed by atoms with Crippen LogP contribution in [0.5, 0.6) is 0 Å². The summed E-state index contributed by atoms with van der Waals surface area (Å²) in [5.74, 6) is 0.831. The average Bonchev–Trinajstić information content (AvgIpc) is 2.99. The van der Waals surface area contributed by atoms with Crippen molar-refractivity contribution in [3.8, 4) is 0 Å². The van der Waals surface area contributed by atoms with Crippen molar-refractivity contribution in [1.82, 2.24) is 25.5 Å². The van der Waals surface area contributed by atoms with E-state index in [4.69, 9.17) is 11.6 Å². The van der Waals surface area contributed by atoms with Crippen molar-refractivity contribution in [3.05, 3.63) is 47.1 Å². The summed E-state index contributed by atoms with van der Waals surface area (Å²) in [7, 11) is 0. The number of nitrogens with one attached hydrogen (secondary N) is 3. The fourth-order valence-corrected chi connectivity index (χ4v) is 2.11. The van der Waals surface area contributed by atoms with Crippen molar-refractivity contribution in [2.75, 3.05) is 0 Å². The van der Waals surface area contributed by atoms with Gasteiger partial charge >= 0.3 is 0 Å². The molecule has 0 fully saturated rings. The summed E-state index contributed by atoms with van der Waals surface area (Å²) in [6.07, 6.45) is 3.50. The van der Waals surface area contributed by atoms with Crippen molar-refractivity contribution < 1.29 is 0 Å². The molecule has 0 radical (unpaired) electrons. The lowest BCUT2D eigenvalue weighted by Gasteiger charge is -2.01. The molecule has 0 spiro atoms. The predicted molar refractivity (Wildman–Crippen MR) is 70.2 cm³/mol. The van der Waals surface area contributed by atoms with Crippen LogP contribution in [0, 0.1) is 0 Å². The monoisotopic (exact) mass is 261 g/mol. The Hall–Kier alpha value is -1.85. The van der Waals surface area contributed by atoms with Gasteiger partial charge in [0.2, 0.25) is 0 Å². The molecular weight excluding hydrogens is 250 g/mol. The van der Waals surface area contributed by atoms with Gasteiger partial charge in [0.1, 0.15) is 12.2 Å². The maximum absolute atomic E-state index is 5.94. The normalized spacial score (nSPS) is 11.2. The Labute approximate surface area is 109 Å². The first-order valence-corrected chi connectivity index (χ1v) is 6.01. The Morgan fingerprint density at radius 1 is 1.28 bits per heavy atom. The number of hydrogen-bond acceptors (Lipinski definition) is 3. The quantitative estimate of drug-likeness (QED) is 0.675. The average molecular weight is 262 g/mol. The number of halogens is 1. The van der Waals surface area contributed by atoms with Crippen LogP contribution in [0.3, 0.4) is 0 Å². The van der Waals surface area contributed by atoms with E-state index in [1.54, 1.807) is 0 Å². The number of rotatable bonds is 4. The van der Waals surface area contributed by atoms with Gasteiger partial charge in [-0.15, -0.1) is 0 Å². The summed E-state index contributed by atoms with van der Waals surface area (Å²) in [6.45, 7) is 1.43. The molecule has 0 unspecified atom stereocenters. The number of aromatic amines is 2. The third-order valence-electron chi connectivity index (χ3n) is 2.80. The molecule has 0 aliphatic rings. The molecular formula is C12H12ClN5. The van der Waals surface area contributed by atoms with E-state index in [1.807, 2.05) is 24.4 Å². The summed E-state index contributed by atoms with van der Waals surface area (Å²) >= 11 is 5.94.